The molecular weight excluding hydrogens is 244 g/mol. The van der Waals surface area contributed by atoms with Gasteiger partial charge in [0, 0.05) is 25.2 Å². The van der Waals surface area contributed by atoms with E-state index >= 15 is 0 Å². The van der Waals surface area contributed by atoms with E-state index in [4.69, 9.17) is 0 Å². The number of nitrogens with zero attached hydrogens (tertiary/aromatic N) is 1. The molecule has 0 bridgehead atoms. The maximum Gasteiger partial charge on any atom is 0.0124 e. The van der Waals surface area contributed by atoms with E-state index in [1.165, 1.54) is 64.6 Å². The fourth-order valence-electron chi connectivity index (χ4n) is 4.33. The summed E-state index contributed by atoms with van der Waals surface area (Å²) in [7, 11) is 0. The van der Waals surface area contributed by atoms with Gasteiger partial charge < -0.3 is 5.32 Å². The van der Waals surface area contributed by atoms with E-state index in [0.29, 0.717) is 11.5 Å². The second-order valence-corrected chi connectivity index (χ2v) is 7.61. The van der Waals surface area contributed by atoms with Crippen LogP contribution in [0.25, 0.3) is 0 Å². The lowest BCUT2D eigenvalue weighted by Crippen LogP contribution is -2.47. The van der Waals surface area contributed by atoms with E-state index in [2.05, 4.69) is 37.9 Å². The number of rotatable bonds is 7. The molecule has 2 fully saturated rings. The third-order valence-corrected chi connectivity index (χ3v) is 6.05. The Hall–Kier alpha value is -0.0800. The molecule has 2 nitrogen and oxygen atoms in total. The van der Waals surface area contributed by atoms with Gasteiger partial charge in [0.25, 0.3) is 0 Å². The Kier molecular flexibility index (Phi) is 5.92. The normalized spacial score (nSPS) is 28.1. The second kappa shape index (κ2) is 7.26. The number of hydrogen-bond acceptors (Lipinski definition) is 2. The average molecular weight is 280 g/mol. The van der Waals surface area contributed by atoms with Crippen LogP contribution in [-0.2, 0) is 0 Å². The summed E-state index contributed by atoms with van der Waals surface area (Å²) in [6.07, 6.45) is 9.98. The number of fused-ring (bicyclic) bond motifs is 1. The van der Waals surface area contributed by atoms with Gasteiger partial charge in [-0.1, -0.05) is 40.5 Å². The zero-order valence-corrected chi connectivity index (χ0v) is 14.3. The molecule has 1 aliphatic carbocycles. The molecule has 0 aromatic carbocycles. The number of hydrogen-bond donors (Lipinski definition) is 1. The molecule has 0 radical (unpaired) electrons. The zero-order valence-electron chi connectivity index (χ0n) is 14.3. The van der Waals surface area contributed by atoms with Gasteiger partial charge in [0.05, 0.1) is 0 Å². The van der Waals surface area contributed by atoms with Gasteiger partial charge in [0.15, 0.2) is 0 Å². The summed E-state index contributed by atoms with van der Waals surface area (Å²) < 4.78 is 0. The molecule has 2 atom stereocenters. The van der Waals surface area contributed by atoms with Gasteiger partial charge in [-0.15, -0.1) is 0 Å². The molecule has 0 amide bonds. The molecule has 1 aliphatic heterocycles. The van der Waals surface area contributed by atoms with Crippen LogP contribution in [-0.4, -0.2) is 36.6 Å². The molecule has 1 N–H and O–H groups in total. The minimum absolute atomic E-state index is 0.483. The Morgan fingerprint density at radius 3 is 2.45 bits per heavy atom. The van der Waals surface area contributed by atoms with E-state index in [0.717, 1.165) is 12.0 Å². The lowest BCUT2D eigenvalue weighted by molar-refractivity contribution is 0.0987. The smallest absolute Gasteiger partial charge is 0.0124 e. The first-order valence-electron chi connectivity index (χ1n) is 9.07. The zero-order chi connectivity index (χ0) is 14.6. The number of likely N-dealkylation sites (tertiary alicyclic amines) is 1. The highest BCUT2D eigenvalue weighted by molar-refractivity contribution is 4.93. The Morgan fingerprint density at radius 2 is 1.80 bits per heavy atom. The van der Waals surface area contributed by atoms with Gasteiger partial charge in [-0.25, -0.2) is 0 Å². The van der Waals surface area contributed by atoms with E-state index in [9.17, 15) is 0 Å². The van der Waals surface area contributed by atoms with Crippen LogP contribution in [0.15, 0.2) is 0 Å². The first-order chi connectivity index (χ1) is 9.60. The van der Waals surface area contributed by atoms with Crippen molar-refractivity contribution in [2.75, 3.05) is 19.6 Å². The standard InChI is InChI=1S/C18H36N2/c1-5-18(6-2,13-19-15(3)4)14-20-12-11-16-9-7-8-10-17(16)20/h15-17,19H,5-14H2,1-4H3. The van der Waals surface area contributed by atoms with Crippen LogP contribution in [0.1, 0.15) is 72.6 Å². The van der Waals surface area contributed by atoms with E-state index in [1.807, 2.05) is 0 Å². The maximum atomic E-state index is 3.71. The van der Waals surface area contributed by atoms with Crippen molar-refractivity contribution in [2.24, 2.45) is 11.3 Å². The quantitative estimate of drug-likeness (QED) is 0.756. The molecule has 1 saturated carbocycles. The minimum Gasteiger partial charge on any atom is -0.314 e. The monoisotopic (exact) mass is 280 g/mol. The summed E-state index contributed by atoms with van der Waals surface area (Å²) in [6.45, 7) is 13.2. The molecule has 20 heavy (non-hydrogen) atoms. The van der Waals surface area contributed by atoms with E-state index < -0.39 is 0 Å². The fraction of sp³-hybridized carbons (Fsp3) is 1.00. The van der Waals surface area contributed by atoms with Gasteiger partial charge in [-0.2, -0.15) is 0 Å². The molecule has 0 aromatic heterocycles. The topological polar surface area (TPSA) is 15.3 Å². The van der Waals surface area contributed by atoms with Crippen molar-refractivity contribution in [3.8, 4) is 0 Å². The third kappa shape index (κ3) is 3.76. The van der Waals surface area contributed by atoms with Crippen LogP contribution in [0, 0.1) is 11.3 Å². The van der Waals surface area contributed by atoms with Crippen LogP contribution in [0.5, 0.6) is 0 Å². The van der Waals surface area contributed by atoms with E-state index in [1.54, 1.807) is 0 Å². The fourth-order valence-corrected chi connectivity index (χ4v) is 4.33. The van der Waals surface area contributed by atoms with Gasteiger partial charge in [-0.05, 0) is 50.0 Å². The highest BCUT2D eigenvalue weighted by Gasteiger charge is 2.39. The van der Waals surface area contributed by atoms with Crippen molar-refractivity contribution in [3.05, 3.63) is 0 Å². The summed E-state index contributed by atoms with van der Waals surface area (Å²) in [5.41, 5.74) is 0.483. The minimum atomic E-state index is 0.483. The van der Waals surface area contributed by atoms with Crippen LogP contribution < -0.4 is 5.32 Å². The summed E-state index contributed by atoms with van der Waals surface area (Å²) in [6, 6.07) is 1.52. The molecule has 2 aliphatic rings. The van der Waals surface area contributed by atoms with Crippen LogP contribution >= 0.6 is 0 Å². The predicted octanol–water partition coefficient (Wildman–Crippen LogP) is 4.06. The summed E-state index contributed by atoms with van der Waals surface area (Å²) >= 11 is 0. The SMILES string of the molecule is CCC(CC)(CNC(C)C)CN1CCC2CCCCC21. The first kappa shape index (κ1) is 16.3. The van der Waals surface area contributed by atoms with Gasteiger partial charge >= 0.3 is 0 Å². The highest BCUT2D eigenvalue weighted by atomic mass is 15.2. The van der Waals surface area contributed by atoms with Crippen molar-refractivity contribution < 1.29 is 0 Å². The van der Waals surface area contributed by atoms with Gasteiger partial charge in [0.1, 0.15) is 0 Å². The van der Waals surface area contributed by atoms with Crippen molar-refractivity contribution in [1.82, 2.24) is 10.2 Å². The summed E-state index contributed by atoms with van der Waals surface area (Å²) in [4.78, 5) is 2.86. The molecule has 2 rings (SSSR count). The Bertz CT molecular complexity index is 283. The second-order valence-electron chi connectivity index (χ2n) is 7.61. The molecule has 0 aromatic rings. The Morgan fingerprint density at radius 1 is 1.10 bits per heavy atom. The molecule has 0 spiro atoms. The lowest BCUT2D eigenvalue weighted by atomic mass is 9.80. The van der Waals surface area contributed by atoms with Crippen molar-refractivity contribution >= 4 is 0 Å². The van der Waals surface area contributed by atoms with Crippen molar-refractivity contribution in [2.45, 2.75) is 84.7 Å². The van der Waals surface area contributed by atoms with Crippen LogP contribution in [0.3, 0.4) is 0 Å². The first-order valence-corrected chi connectivity index (χ1v) is 9.07. The molecule has 118 valence electrons. The summed E-state index contributed by atoms with van der Waals surface area (Å²) in [5.74, 6) is 1.02. The van der Waals surface area contributed by atoms with Crippen LogP contribution in [0.2, 0.25) is 0 Å². The molecule has 1 saturated heterocycles. The molecular formula is C18H36N2. The highest BCUT2D eigenvalue weighted by Crippen LogP contribution is 2.39. The van der Waals surface area contributed by atoms with Gasteiger partial charge in [-0.3, -0.25) is 4.90 Å². The lowest BCUT2D eigenvalue weighted by Gasteiger charge is -2.40. The largest absolute Gasteiger partial charge is 0.314 e. The third-order valence-electron chi connectivity index (χ3n) is 6.05. The number of nitrogens with one attached hydrogen (secondary N) is 1. The molecule has 1 heterocycles. The maximum absolute atomic E-state index is 3.71. The van der Waals surface area contributed by atoms with Crippen molar-refractivity contribution in [3.63, 3.8) is 0 Å². The average Bonchev–Trinajstić information content (AvgIpc) is 2.86. The van der Waals surface area contributed by atoms with Crippen molar-refractivity contribution in [1.29, 1.82) is 0 Å². The molecule has 2 heteroatoms. The summed E-state index contributed by atoms with van der Waals surface area (Å²) in [5, 5.41) is 3.71. The van der Waals surface area contributed by atoms with Gasteiger partial charge in [0.2, 0.25) is 0 Å². The predicted molar refractivity (Wildman–Crippen MR) is 88.1 cm³/mol. The molecule has 2 unspecified atom stereocenters. The van der Waals surface area contributed by atoms with E-state index in [-0.39, 0.29) is 0 Å². The van der Waals surface area contributed by atoms with Crippen LogP contribution in [0.4, 0.5) is 0 Å². The Balaban J connectivity index is 1.96. The Labute approximate surface area is 126 Å².